The second-order valence-corrected chi connectivity index (χ2v) is 11.5. The first-order valence-electron chi connectivity index (χ1n) is 11.7. The van der Waals surface area contributed by atoms with Gasteiger partial charge in [-0.3, -0.25) is 4.99 Å². The average Bonchev–Trinajstić information content (AvgIpc) is 3.24. The number of aryl methyl sites for hydroxylation is 1. The Morgan fingerprint density at radius 3 is 2.91 bits per heavy atom. The van der Waals surface area contributed by atoms with Crippen molar-refractivity contribution in [1.29, 1.82) is 0 Å². The maximum Gasteiger partial charge on any atom is 0.191 e. The predicted octanol–water partition coefficient (Wildman–Crippen LogP) is 6.45. The summed E-state index contributed by atoms with van der Waals surface area (Å²) in [5.41, 5.74) is 5.51. The molecule has 0 N–H and O–H groups in total. The summed E-state index contributed by atoms with van der Waals surface area (Å²) in [5, 5.41) is 5.15. The number of hydrogen-bond donors (Lipinski definition) is 0. The summed E-state index contributed by atoms with van der Waals surface area (Å²) in [6.07, 6.45) is 12.6. The van der Waals surface area contributed by atoms with Gasteiger partial charge in [-0.25, -0.2) is 4.98 Å². The lowest BCUT2D eigenvalue weighted by Crippen LogP contribution is -2.46. The molecule has 34 heavy (non-hydrogen) atoms. The van der Waals surface area contributed by atoms with Crippen LogP contribution in [0.25, 0.3) is 22.7 Å². The van der Waals surface area contributed by atoms with Crippen LogP contribution in [-0.2, 0) is 0 Å². The van der Waals surface area contributed by atoms with Crippen molar-refractivity contribution < 1.29 is 4.52 Å². The van der Waals surface area contributed by atoms with E-state index in [9.17, 15) is 0 Å². The fourth-order valence-electron chi connectivity index (χ4n) is 5.52. The van der Waals surface area contributed by atoms with Gasteiger partial charge in [0.15, 0.2) is 5.58 Å². The highest BCUT2D eigenvalue weighted by molar-refractivity contribution is 7.16. The number of nitrogens with zero attached hydrogens (tertiary/aromatic N) is 5. The zero-order valence-corrected chi connectivity index (χ0v) is 20.4. The molecular weight excluding hydrogens is 466 g/mol. The van der Waals surface area contributed by atoms with Gasteiger partial charge in [-0.1, -0.05) is 22.8 Å². The van der Waals surface area contributed by atoms with Crippen LogP contribution in [0.1, 0.15) is 47.9 Å². The van der Waals surface area contributed by atoms with Crippen LogP contribution in [0.2, 0.25) is 4.34 Å². The largest absolute Gasteiger partial charge is 0.354 e. The number of fused-ring (bicyclic) bond motifs is 2. The minimum Gasteiger partial charge on any atom is -0.354 e. The molecule has 1 aromatic carbocycles. The fraction of sp³-hybridized carbons (Fsp3) is 0.346. The molecule has 4 aromatic rings. The second kappa shape index (κ2) is 7.55. The van der Waals surface area contributed by atoms with Crippen LogP contribution in [-0.4, -0.2) is 38.5 Å². The first-order chi connectivity index (χ1) is 16.6. The molecule has 6 nitrogen and oxygen atoms in total. The van der Waals surface area contributed by atoms with Crippen molar-refractivity contribution in [1.82, 2.24) is 19.6 Å². The number of piperidine rings is 1. The summed E-state index contributed by atoms with van der Waals surface area (Å²) in [6.45, 7) is 3.92. The fourth-order valence-corrected chi connectivity index (χ4v) is 6.73. The van der Waals surface area contributed by atoms with Gasteiger partial charge in [0.05, 0.1) is 39.7 Å². The molecule has 7 rings (SSSR count). The maximum atomic E-state index is 6.30. The molecule has 2 aliphatic heterocycles. The molecule has 0 radical (unpaired) electrons. The number of aromatic nitrogens is 3. The molecule has 0 amide bonds. The van der Waals surface area contributed by atoms with E-state index in [1.807, 2.05) is 36.3 Å². The van der Waals surface area contributed by atoms with E-state index in [0.29, 0.717) is 11.5 Å². The number of aliphatic imine (C=N–C) groups is 1. The van der Waals surface area contributed by atoms with E-state index >= 15 is 0 Å². The third kappa shape index (κ3) is 3.33. The topological polar surface area (TPSA) is 59.5 Å². The first kappa shape index (κ1) is 20.5. The molecule has 1 saturated carbocycles. The van der Waals surface area contributed by atoms with Crippen LogP contribution in [0.5, 0.6) is 0 Å². The summed E-state index contributed by atoms with van der Waals surface area (Å²) >= 11 is 8.00. The standard InChI is InChI=1S/C26H24ClN5OS/c1-16-13-31(15-29-16)21-3-2-17(19-12-30-33-24(19)21)10-18-11-26(7-8-26)14-32-20(6-9-28-25(18)32)22-4-5-23(27)34-22/h2-5,10,12-13,15,20H,6-9,11,14H2,1H3/b18-10+. The Kier molecular flexibility index (Phi) is 4.55. The maximum absolute atomic E-state index is 6.30. The van der Waals surface area contributed by atoms with Crippen LogP contribution in [0.3, 0.4) is 0 Å². The van der Waals surface area contributed by atoms with E-state index in [0.717, 1.165) is 64.0 Å². The predicted molar refractivity (Wildman–Crippen MR) is 136 cm³/mol. The van der Waals surface area contributed by atoms with Gasteiger partial charge in [0.25, 0.3) is 0 Å². The number of thiophene rings is 1. The number of amidine groups is 1. The Morgan fingerprint density at radius 2 is 2.15 bits per heavy atom. The van der Waals surface area contributed by atoms with Gasteiger partial charge >= 0.3 is 0 Å². The van der Waals surface area contributed by atoms with E-state index in [-0.39, 0.29) is 0 Å². The summed E-state index contributed by atoms with van der Waals surface area (Å²) in [6, 6.07) is 8.82. The van der Waals surface area contributed by atoms with Gasteiger partial charge in [0, 0.05) is 24.2 Å². The smallest absolute Gasteiger partial charge is 0.191 e. The SMILES string of the molecule is Cc1cn(-c2ccc(/C=C3\CC4(CC4)CN4C3=NCCC4c3ccc(Cl)s3)c3cnoc23)cn1. The molecule has 3 aromatic heterocycles. The zero-order valence-electron chi connectivity index (χ0n) is 18.9. The van der Waals surface area contributed by atoms with Crippen molar-refractivity contribution in [2.45, 2.75) is 38.6 Å². The lowest BCUT2D eigenvalue weighted by atomic mass is 9.86. The van der Waals surface area contributed by atoms with Crippen LogP contribution >= 0.6 is 22.9 Å². The van der Waals surface area contributed by atoms with Crippen molar-refractivity contribution in [3.05, 3.63) is 69.0 Å². The molecule has 1 atom stereocenters. The van der Waals surface area contributed by atoms with Gasteiger partial charge in [0.1, 0.15) is 5.84 Å². The summed E-state index contributed by atoms with van der Waals surface area (Å²) < 4.78 is 8.55. The molecule has 8 heteroatoms. The Balaban J connectivity index is 1.31. The molecule has 3 aliphatic rings. The summed E-state index contributed by atoms with van der Waals surface area (Å²) in [7, 11) is 0. The van der Waals surface area contributed by atoms with Crippen molar-refractivity contribution in [2.24, 2.45) is 10.4 Å². The normalized spacial score (nSPS) is 22.4. The van der Waals surface area contributed by atoms with Crippen molar-refractivity contribution in [2.75, 3.05) is 13.1 Å². The number of benzene rings is 1. The Hall–Kier alpha value is -2.90. The first-order valence-corrected chi connectivity index (χ1v) is 12.9. The minimum absolute atomic E-state index is 0.355. The highest BCUT2D eigenvalue weighted by atomic mass is 35.5. The quantitative estimate of drug-likeness (QED) is 0.332. The molecule has 1 aliphatic carbocycles. The molecule has 172 valence electrons. The highest BCUT2D eigenvalue weighted by Gasteiger charge is 2.50. The lowest BCUT2D eigenvalue weighted by Gasteiger charge is -2.44. The van der Waals surface area contributed by atoms with Crippen LogP contribution in [0.15, 0.2) is 58.1 Å². The monoisotopic (exact) mass is 489 g/mol. The van der Waals surface area contributed by atoms with Crippen LogP contribution in [0, 0.1) is 12.3 Å². The second-order valence-electron chi connectivity index (χ2n) is 9.79. The summed E-state index contributed by atoms with van der Waals surface area (Å²) in [5.74, 6) is 1.15. The van der Waals surface area contributed by atoms with Gasteiger partial charge < -0.3 is 14.0 Å². The molecule has 2 fully saturated rings. The van der Waals surface area contributed by atoms with E-state index in [1.54, 1.807) is 11.3 Å². The molecule has 0 bridgehead atoms. The molecular formula is C26H24ClN5OS. The Morgan fingerprint density at radius 1 is 1.24 bits per heavy atom. The van der Waals surface area contributed by atoms with Crippen molar-refractivity contribution >= 4 is 45.8 Å². The summed E-state index contributed by atoms with van der Waals surface area (Å²) in [4.78, 5) is 13.3. The van der Waals surface area contributed by atoms with E-state index in [4.69, 9.17) is 21.1 Å². The number of rotatable bonds is 3. The van der Waals surface area contributed by atoms with Crippen LogP contribution in [0.4, 0.5) is 0 Å². The Bertz CT molecular complexity index is 1470. The highest BCUT2D eigenvalue weighted by Crippen LogP contribution is 2.56. The van der Waals surface area contributed by atoms with Gasteiger partial charge in [-0.2, -0.15) is 0 Å². The van der Waals surface area contributed by atoms with E-state index < -0.39 is 0 Å². The molecule has 1 unspecified atom stereocenters. The number of halogens is 1. The van der Waals surface area contributed by atoms with Gasteiger partial charge in [-0.05, 0) is 73.4 Å². The molecule has 1 spiro atoms. The van der Waals surface area contributed by atoms with Crippen molar-refractivity contribution in [3.8, 4) is 5.69 Å². The zero-order chi connectivity index (χ0) is 22.9. The van der Waals surface area contributed by atoms with Gasteiger partial charge in [-0.15, -0.1) is 11.3 Å². The van der Waals surface area contributed by atoms with Crippen molar-refractivity contribution in [3.63, 3.8) is 0 Å². The number of hydrogen-bond acceptors (Lipinski definition) is 6. The molecule has 1 saturated heterocycles. The number of imidazole rings is 1. The molecule has 5 heterocycles. The third-order valence-electron chi connectivity index (χ3n) is 7.40. The lowest BCUT2D eigenvalue weighted by molar-refractivity contribution is 0.221. The van der Waals surface area contributed by atoms with E-state index in [2.05, 4.69) is 39.3 Å². The Labute approximate surface area is 206 Å². The van der Waals surface area contributed by atoms with Crippen LogP contribution < -0.4 is 0 Å². The van der Waals surface area contributed by atoms with Gasteiger partial charge in [0.2, 0.25) is 0 Å². The average molecular weight is 490 g/mol. The minimum atomic E-state index is 0.355. The third-order valence-corrected chi connectivity index (χ3v) is 8.74. The van der Waals surface area contributed by atoms with E-state index in [1.165, 1.54) is 23.3 Å².